The zero-order valence-corrected chi connectivity index (χ0v) is 12.8. The van der Waals surface area contributed by atoms with Crippen molar-refractivity contribution >= 4 is 27.8 Å². The van der Waals surface area contributed by atoms with E-state index in [-0.39, 0.29) is 17.3 Å². The number of allylic oxidation sites excluding steroid dienone is 1. The molecule has 0 radical (unpaired) electrons. The summed E-state index contributed by atoms with van der Waals surface area (Å²) in [4.78, 5) is 12.0. The number of phenolic OH excluding ortho intramolecular Hbond substituents is 2. The number of rotatable bonds is 4. The Balaban J connectivity index is 2.23. The molecule has 4 nitrogen and oxygen atoms in total. The Morgan fingerprint density at radius 1 is 1.19 bits per heavy atom. The van der Waals surface area contributed by atoms with E-state index in [2.05, 4.69) is 15.9 Å². The first kappa shape index (κ1) is 15.1. The lowest BCUT2D eigenvalue weighted by molar-refractivity contribution is 0.104. The smallest absolute Gasteiger partial charge is 0.185 e. The number of phenols is 2. The van der Waals surface area contributed by atoms with Gasteiger partial charge in [0.05, 0.1) is 11.6 Å². The molecule has 0 amide bonds. The van der Waals surface area contributed by atoms with Gasteiger partial charge in [0.25, 0.3) is 0 Å². The molecule has 0 saturated carbocycles. The van der Waals surface area contributed by atoms with Gasteiger partial charge in [-0.25, -0.2) is 0 Å². The van der Waals surface area contributed by atoms with Crippen LogP contribution in [0.2, 0.25) is 0 Å². The second-order valence-electron chi connectivity index (χ2n) is 4.30. The highest BCUT2D eigenvalue weighted by molar-refractivity contribution is 9.10. The number of methoxy groups -OCH3 is 1. The molecule has 5 heteroatoms. The predicted molar refractivity (Wildman–Crippen MR) is 83.8 cm³/mol. The van der Waals surface area contributed by atoms with E-state index >= 15 is 0 Å². The predicted octanol–water partition coefficient (Wildman–Crippen LogP) is 3.77. The number of hydrogen-bond donors (Lipinski definition) is 2. The minimum atomic E-state index is -0.182. The summed E-state index contributed by atoms with van der Waals surface area (Å²) >= 11 is 3.22. The summed E-state index contributed by atoms with van der Waals surface area (Å²) in [6.45, 7) is 0. The molecule has 2 aromatic carbocycles. The zero-order chi connectivity index (χ0) is 15.4. The van der Waals surface area contributed by atoms with Crippen LogP contribution in [-0.2, 0) is 0 Å². The number of aromatic hydroxyl groups is 2. The first-order valence-electron chi connectivity index (χ1n) is 6.09. The van der Waals surface area contributed by atoms with Crippen LogP contribution in [-0.4, -0.2) is 23.1 Å². The number of hydrogen-bond acceptors (Lipinski definition) is 4. The maximum atomic E-state index is 12.0. The van der Waals surface area contributed by atoms with Gasteiger partial charge in [-0.1, -0.05) is 6.08 Å². The van der Waals surface area contributed by atoms with Crippen molar-refractivity contribution in [3.63, 3.8) is 0 Å². The van der Waals surface area contributed by atoms with Gasteiger partial charge in [0.2, 0.25) is 0 Å². The largest absolute Gasteiger partial charge is 0.508 e. The Morgan fingerprint density at radius 2 is 1.86 bits per heavy atom. The number of carbonyl (C=O) groups is 1. The van der Waals surface area contributed by atoms with Gasteiger partial charge in [-0.3, -0.25) is 4.79 Å². The molecular weight excluding hydrogens is 336 g/mol. The molecule has 0 heterocycles. The number of carbonyl (C=O) groups excluding carboxylic acids is 1. The fourth-order valence-corrected chi connectivity index (χ4v) is 2.20. The highest BCUT2D eigenvalue weighted by atomic mass is 79.9. The maximum absolute atomic E-state index is 12.0. The minimum absolute atomic E-state index is 0.0134. The Kier molecular flexibility index (Phi) is 4.65. The van der Waals surface area contributed by atoms with Gasteiger partial charge in [0.1, 0.15) is 5.75 Å². The number of ketones is 1. The van der Waals surface area contributed by atoms with Gasteiger partial charge in [-0.15, -0.1) is 0 Å². The summed E-state index contributed by atoms with van der Waals surface area (Å²) in [6, 6.07) is 9.33. The van der Waals surface area contributed by atoms with Gasteiger partial charge >= 0.3 is 0 Å². The van der Waals surface area contributed by atoms with Gasteiger partial charge < -0.3 is 14.9 Å². The Bertz CT molecular complexity index is 690. The highest BCUT2D eigenvalue weighted by Crippen LogP contribution is 2.35. The number of benzene rings is 2. The molecule has 0 spiro atoms. The van der Waals surface area contributed by atoms with E-state index in [4.69, 9.17) is 4.74 Å². The quantitative estimate of drug-likeness (QED) is 0.652. The summed E-state index contributed by atoms with van der Waals surface area (Å²) in [6.07, 6.45) is 3.05. The van der Waals surface area contributed by atoms with E-state index in [0.717, 1.165) is 0 Å². The third-order valence-corrected chi connectivity index (χ3v) is 3.45. The lowest BCUT2D eigenvalue weighted by atomic mass is 10.1. The van der Waals surface area contributed by atoms with Crippen molar-refractivity contribution in [2.45, 2.75) is 0 Å². The number of ether oxygens (including phenoxy) is 1. The van der Waals surface area contributed by atoms with Crippen molar-refractivity contribution < 1.29 is 19.7 Å². The maximum Gasteiger partial charge on any atom is 0.185 e. The topological polar surface area (TPSA) is 66.8 Å². The lowest BCUT2D eigenvalue weighted by Crippen LogP contribution is -1.93. The third kappa shape index (κ3) is 3.64. The molecule has 2 aromatic rings. The first-order valence-corrected chi connectivity index (χ1v) is 6.88. The van der Waals surface area contributed by atoms with Crippen LogP contribution in [0.4, 0.5) is 0 Å². The summed E-state index contributed by atoms with van der Waals surface area (Å²) in [5, 5.41) is 18.9. The van der Waals surface area contributed by atoms with Crippen LogP contribution in [0, 0.1) is 0 Å². The standard InChI is InChI=1S/C16H13BrO4/c1-21-15-9-10(8-13(17)16(15)20)2-7-14(19)11-3-5-12(18)6-4-11/h2-9,18,20H,1H3. The van der Waals surface area contributed by atoms with Crippen molar-refractivity contribution in [2.75, 3.05) is 7.11 Å². The lowest BCUT2D eigenvalue weighted by Gasteiger charge is -2.06. The first-order chi connectivity index (χ1) is 10.0. The molecule has 2 N–H and O–H groups in total. The average molecular weight is 349 g/mol. The average Bonchev–Trinajstić information content (AvgIpc) is 2.48. The van der Waals surface area contributed by atoms with E-state index in [0.29, 0.717) is 21.3 Å². The van der Waals surface area contributed by atoms with E-state index < -0.39 is 0 Å². The van der Waals surface area contributed by atoms with Crippen molar-refractivity contribution in [3.05, 3.63) is 58.1 Å². The molecular formula is C16H13BrO4. The molecule has 21 heavy (non-hydrogen) atoms. The highest BCUT2D eigenvalue weighted by Gasteiger charge is 2.07. The second-order valence-corrected chi connectivity index (χ2v) is 5.15. The van der Waals surface area contributed by atoms with Crippen LogP contribution in [0.5, 0.6) is 17.2 Å². The monoisotopic (exact) mass is 348 g/mol. The summed E-state index contributed by atoms with van der Waals surface area (Å²) in [5.74, 6) is 0.265. The van der Waals surface area contributed by atoms with Crippen LogP contribution in [0.25, 0.3) is 6.08 Å². The summed E-state index contributed by atoms with van der Waals surface area (Å²) < 4.78 is 5.53. The fourth-order valence-electron chi connectivity index (χ4n) is 1.74. The molecule has 2 rings (SSSR count). The molecule has 0 fully saturated rings. The van der Waals surface area contributed by atoms with Gasteiger partial charge in [-0.2, -0.15) is 0 Å². The SMILES string of the molecule is COc1cc(C=CC(=O)c2ccc(O)cc2)cc(Br)c1O. The van der Waals surface area contributed by atoms with Crippen LogP contribution in [0.3, 0.4) is 0 Å². The summed E-state index contributed by atoms with van der Waals surface area (Å²) in [7, 11) is 1.45. The molecule has 0 aliphatic carbocycles. The van der Waals surface area contributed by atoms with Crippen LogP contribution < -0.4 is 4.74 Å². The van der Waals surface area contributed by atoms with Gasteiger partial charge in [0, 0.05) is 5.56 Å². The third-order valence-electron chi connectivity index (χ3n) is 2.85. The molecule has 0 bridgehead atoms. The van der Waals surface area contributed by atoms with Gasteiger partial charge in [-0.05, 0) is 64.0 Å². The van der Waals surface area contributed by atoms with E-state index in [1.807, 2.05) is 0 Å². The van der Waals surface area contributed by atoms with Crippen LogP contribution in [0.15, 0.2) is 46.9 Å². The molecule has 0 aliphatic heterocycles. The molecule has 0 saturated heterocycles. The second kappa shape index (κ2) is 6.45. The van der Waals surface area contributed by atoms with Crippen molar-refractivity contribution in [1.82, 2.24) is 0 Å². The molecule has 0 aromatic heterocycles. The fraction of sp³-hybridized carbons (Fsp3) is 0.0625. The van der Waals surface area contributed by atoms with Crippen LogP contribution >= 0.6 is 15.9 Å². The van der Waals surface area contributed by atoms with Crippen LogP contribution in [0.1, 0.15) is 15.9 Å². The zero-order valence-electron chi connectivity index (χ0n) is 11.2. The molecule has 108 valence electrons. The van der Waals surface area contributed by atoms with E-state index in [1.165, 1.54) is 25.3 Å². The van der Waals surface area contributed by atoms with E-state index in [9.17, 15) is 15.0 Å². The summed E-state index contributed by atoms with van der Waals surface area (Å²) in [5.41, 5.74) is 1.19. The van der Waals surface area contributed by atoms with E-state index in [1.54, 1.807) is 30.3 Å². The molecule has 0 unspecified atom stereocenters. The Morgan fingerprint density at radius 3 is 2.48 bits per heavy atom. The van der Waals surface area contributed by atoms with Crippen molar-refractivity contribution in [1.29, 1.82) is 0 Å². The molecule has 0 aliphatic rings. The Hall–Kier alpha value is -2.27. The van der Waals surface area contributed by atoms with Crippen molar-refractivity contribution in [2.24, 2.45) is 0 Å². The van der Waals surface area contributed by atoms with Gasteiger partial charge in [0.15, 0.2) is 17.3 Å². The minimum Gasteiger partial charge on any atom is -0.508 e. The van der Waals surface area contributed by atoms with Crippen molar-refractivity contribution in [3.8, 4) is 17.2 Å². The number of halogens is 1. The molecule has 0 atom stereocenters. The Labute approximate surface area is 130 Å². The normalized spacial score (nSPS) is 10.8.